The lowest BCUT2D eigenvalue weighted by molar-refractivity contribution is 0.192. The molecule has 0 radical (unpaired) electrons. The lowest BCUT2D eigenvalue weighted by Crippen LogP contribution is -2.02. The molecule has 0 bridgehead atoms. The van der Waals surface area contributed by atoms with Crippen LogP contribution >= 0.6 is 0 Å². The second kappa shape index (κ2) is 4.47. The Morgan fingerprint density at radius 2 is 2.00 bits per heavy atom. The molecule has 1 aromatic rings. The first-order valence-corrected chi connectivity index (χ1v) is 4.98. The van der Waals surface area contributed by atoms with E-state index in [1.807, 2.05) is 26.8 Å². The van der Waals surface area contributed by atoms with Crippen LogP contribution in [0.3, 0.4) is 0 Å². The highest BCUT2D eigenvalue weighted by Gasteiger charge is 2.11. The van der Waals surface area contributed by atoms with Crippen molar-refractivity contribution in [2.45, 2.75) is 33.8 Å². The molecule has 0 spiro atoms. The summed E-state index contributed by atoms with van der Waals surface area (Å²) in [5.74, 6) is 0.827. The molecule has 2 heteroatoms. The van der Waals surface area contributed by atoms with E-state index in [0.29, 0.717) is 6.61 Å². The normalized spacial score (nSPS) is 12.6. The molecular formula is C12H18O2. The number of ether oxygens (including phenoxy) is 1. The molecule has 0 saturated heterocycles. The number of rotatable bonds is 3. The Labute approximate surface area is 85.5 Å². The zero-order chi connectivity index (χ0) is 10.7. The van der Waals surface area contributed by atoms with Crippen molar-refractivity contribution >= 4 is 0 Å². The maximum absolute atomic E-state index is 9.60. The summed E-state index contributed by atoms with van der Waals surface area (Å²) in [6.45, 7) is 8.37. The molecule has 1 rings (SSSR count). The van der Waals surface area contributed by atoms with Gasteiger partial charge in [0.25, 0.3) is 0 Å². The fraction of sp³-hybridized carbons (Fsp3) is 0.500. The molecule has 0 aliphatic carbocycles. The molecule has 2 nitrogen and oxygen atoms in total. The van der Waals surface area contributed by atoms with Gasteiger partial charge >= 0.3 is 0 Å². The number of hydrogen-bond donors (Lipinski definition) is 1. The number of aliphatic hydroxyl groups is 1. The molecule has 0 aromatic heterocycles. The molecule has 1 aromatic carbocycles. The van der Waals surface area contributed by atoms with E-state index in [9.17, 15) is 5.11 Å². The molecule has 0 heterocycles. The standard InChI is InChI=1S/C12H18O2/c1-5-14-12-9(3)6-8(2)7-11(12)10(4)13/h6-7,10,13H,5H2,1-4H3. The van der Waals surface area contributed by atoms with Crippen LogP contribution in [-0.4, -0.2) is 11.7 Å². The van der Waals surface area contributed by atoms with Crippen LogP contribution in [0.25, 0.3) is 0 Å². The molecule has 1 unspecified atom stereocenters. The third-order valence-electron chi connectivity index (χ3n) is 2.19. The van der Waals surface area contributed by atoms with E-state index < -0.39 is 6.10 Å². The minimum absolute atomic E-state index is 0.477. The van der Waals surface area contributed by atoms with Gasteiger partial charge in [-0.2, -0.15) is 0 Å². The largest absolute Gasteiger partial charge is 0.493 e. The fourth-order valence-electron chi connectivity index (χ4n) is 1.64. The third-order valence-corrected chi connectivity index (χ3v) is 2.19. The SMILES string of the molecule is CCOc1c(C)cc(C)cc1C(C)O. The van der Waals surface area contributed by atoms with Crippen LogP contribution in [0.4, 0.5) is 0 Å². The molecule has 1 atom stereocenters. The Balaban J connectivity index is 3.21. The minimum atomic E-state index is -0.477. The van der Waals surface area contributed by atoms with E-state index in [4.69, 9.17) is 4.74 Å². The molecule has 78 valence electrons. The van der Waals surface area contributed by atoms with Crippen molar-refractivity contribution in [3.05, 3.63) is 28.8 Å². The van der Waals surface area contributed by atoms with Crippen molar-refractivity contribution < 1.29 is 9.84 Å². The molecule has 1 N–H and O–H groups in total. The first-order valence-electron chi connectivity index (χ1n) is 4.98. The van der Waals surface area contributed by atoms with E-state index in [2.05, 4.69) is 6.07 Å². The van der Waals surface area contributed by atoms with Gasteiger partial charge in [-0.15, -0.1) is 0 Å². The highest BCUT2D eigenvalue weighted by Crippen LogP contribution is 2.30. The van der Waals surface area contributed by atoms with Gasteiger partial charge in [0, 0.05) is 5.56 Å². The van der Waals surface area contributed by atoms with E-state index in [0.717, 1.165) is 22.4 Å². The number of hydrogen-bond acceptors (Lipinski definition) is 2. The number of aryl methyl sites for hydroxylation is 2. The van der Waals surface area contributed by atoms with Gasteiger partial charge in [0.2, 0.25) is 0 Å². The molecule has 0 saturated carbocycles. The molecule has 0 aliphatic heterocycles. The quantitative estimate of drug-likeness (QED) is 0.801. The summed E-state index contributed by atoms with van der Waals surface area (Å²) < 4.78 is 5.52. The van der Waals surface area contributed by atoms with E-state index in [1.165, 1.54) is 0 Å². The van der Waals surface area contributed by atoms with Gasteiger partial charge in [-0.3, -0.25) is 0 Å². The van der Waals surface area contributed by atoms with Gasteiger partial charge < -0.3 is 9.84 Å². The summed E-state index contributed by atoms with van der Waals surface area (Å²) in [7, 11) is 0. The first-order chi connectivity index (χ1) is 6.56. The maximum Gasteiger partial charge on any atom is 0.127 e. The van der Waals surface area contributed by atoms with Crippen molar-refractivity contribution in [1.29, 1.82) is 0 Å². The fourth-order valence-corrected chi connectivity index (χ4v) is 1.64. The molecular weight excluding hydrogens is 176 g/mol. The summed E-state index contributed by atoms with van der Waals surface area (Å²) >= 11 is 0. The van der Waals surface area contributed by atoms with Crippen LogP contribution in [0.1, 0.15) is 36.6 Å². The Morgan fingerprint density at radius 3 is 2.50 bits per heavy atom. The lowest BCUT2D eigenvalue weighted by Gasteiger charge is -2.16. The van der Waals surface area contributed by atoms with E-state index >= 15 is 0 Å². The smallest absolute Gasteiger partial charge is 0.127 e. The zero-order valence-corrected chi connectivity index (χ0v) is 9.29. The van der Waals surface area contributed by atoms with Crippen LogP contribution in [0, 0.1) is 13.8 Å². The highest BCUT2D eigenvalue weighted by atomic mass is 16.5. The molecule has 0 aliphatic rings. The van der Waals surface area contributed by atoms with Crippen LogP contribution in [0.15, 0.2) is 12.1 Å². The van der Waals surface area contributed by atoms with Crippen LogP contribution in [0.2, 0.25) is 0 Å². The number of benzene rings is 1. The van der Waals surface area contributed by atoms with Gasteiger partial charge in [0.05, 0.1) is 12.7 Å². The van der Waals surface area contributed by atoms with Gasteiger partial charge in [-0.05, 0) is 39.3 Å². The van der Waals surface area contributed by atoms with Crippen molar-refractivity contribution in [2.75, 3.05) is 6.61 Å². The minimum Gasteiger partial charge on any atom is -0.493 e. The summed E-state index contributed by atoms with van der Waals surface area (Å²) in [5.41, 5.74) is 3.12. The Bertz CT molecular complexity index is 316. The van der Waals surface area contributed by atoms with Gasteiger partial charge in [-0.1, -0.05) is 11.6 Å². The predicted molar refractivity (Wildman–Crippen MR) is 57.7 cm³/mol. The monoisotopic (exact) mass is 194 g/mol. The summed E-state index contributed by atoms with van der Waals surface area (Å²) in [5, 5.41) is 9.60. The predicted octanol–water partition coefficient (Wildman–Crippen LogP) is 2.76. The maximum atomic E-state index is 9.60. The number of aliphatic hydroxyl groups excluding tert-OH is 1. The summed E-state index contributed by atoms with van der Waals surface area (Å²) in [4.78, 5) is 0. The van der Waals surface area contributed by atoms with E-state index in [1.54, 1.807) is 6.92 Å². The Hall–Kier alpha value is -1.02. The van der Waals surface area contributed by atoms with Gasteiger partial charge in [0.1, 0.15) is 5.75 Å². The van der Waals surface area contributed by atoms with Crippen LogP contribution in [0.5, 0.6) is 5.75 Å². The topological polar surface area (TPSA) is 29.5 Å². The second-order valence-electron chi connectivity index (χ2n) is 3.61. The zero-order valence-electron chi connectivity index (χ0n) is 9.29. The summed E-state index contributed by atoms with van der Waals surface area (Å²) in [6, 6.07) is 4.04. The molecule has 0 fully saturated rings. The second-order valence-corrected chi connectivity index (χ2v) is 3.61. The molecule has 0 amide bonds. The first kappa shape index (κ1) is 11.1. The lowest BCUT2D eigenvalue weighted by atomic mass is 10.0. The van der Waals surface area contributed by atoms with Crippen molar-refractivity contribution in [2.24, 2.45) is 0 Å². The third kappa shape index (κ3) is 2.26. The Kier molecular flexibility index (Phi) is 3.53. The average molecular weight is 194 g/mol. The summed E-state index contributed by atoms with van der Waals surface area (Å²) in [6.07, 6.45) is -0.477. The average Bonchev–Trinajstić information content (AvgIpc) is 2.09. The van der Waals surface area contributed by atoms with Crippen molar-refractivity contribution in [1.82, 2.24) is 0 Å². The highest BCUT2D eigenvalue weighted by molar-refractivity contribution is 5.44. The van der Waals surface area contributed by atoms with E-state index in [-0.39, 0.29) is 0 Å². The van der Waals surface area contributed by atoms with Gasteiger partial charge in [-0.25, -0.2) is 0 Å². The van der Waals surface area contributed by atoms with Crippen LogP contribution < -0.4 is 4.74 Å². The Morgan fingerprint density at radius 1 is 1.36 bits per heavy atom. The van der Waals surface area contributed by atoms with Gasteiger partial charge in [0.15, 0.2) is 0 Å². The molecule has 14 heavy (non-hydrogen) atoms. The van der Waals surface area contributed by atoms with Crippen LogP contribution in [-0.2, 0) is 0 Å². The van der Waals surface area contributed by atoms with Crippen molar-refractivity contribution in [3.63, 3.8) is 0 Å². The van der Waals surface area contributed by atoms with Crippen molar-refractivity contribution in [3.8, 4) is 5.75 Å².